The largest absolute Gasteiger partial charge is 0.508 e. The molecule has 3 aliphatic carbocycles. The zero-order valence-electron chi connectivity index (χ0n) is 19.0. The number of rotatable bonds is 3. The highest BCUT2D eigenvalue weighted by Gasteiger charge is 2.76. The molecule has 1 amide bonds. The van der Waals surface area contributed by atoms with Crippen molar-refractivity contribution in [3.8, 4) is 5.75 Å². The lowest BCUT2D eigenvalue weighted by Gasteiger charge is -2.66. The Labute approximate surface area is 195 Å². The molecule has 33 heavy (non-hydrogen) atoms. The van der Waals surface area contributed by atoms with Crippen LogP contribution < -0.4 is 0 Å². The molecule has 4 fully saturated rings. The van der Waals surface area contributed by atoms with Crippen molar-refractivity contribution in [2.75, 3.05) is 26.2 Å². The Balaban J connectivity index is 1.36. The minimum Gasteiger partial charge on any atom is -0.508 e. The fourth-order valence-corrected chi connectivity index (χ4v) is 9.47. The van der Waals surface area contributed by atoms with E-state index in [4.69, 9.17) is 0 Å². The molecule has 5 nitrogen and oxygen atoms in total. The van der Waals surface area contributed by atoms with Gasteiger partial charge in [-0.3, -0.25) is 9.69 Å². The molecule has 172 valence electrons. The molecule has 0 radical (unpaired) electrons. The first kappa shape index (κ1) is 20.0. The monoisotopic (exact) mass is 444 g/mol. The Morgan fingerprint density at radius 2 is 1.97 bits per heavy atom. The number of phenols is 1. The lowest BCUT2D eigenvalue weighted by Crippen LogP contribution is -2.70. The first-order valence-electron chi connectivity index (χ1n) is 12.6. The standard InChI is InChI=1S/C28H32N2O3/c31-13-12-29-11-10-28-22-15-21(32)7-6-19(22)14-24(29)27(28)9-8-23-25(28)20(16-27)17-30(23)26(33)18-4-2-1-3-5-18/h1-7,15,20,23-25,31-32H,8-14,16-17H2/t20-,23?,24?,25?,27?,28?/m1/s1. The van der Waals surface area contributed by atoms with Crippen LogP contribution in [0.1, 0.15) is 47.2 Å². The lowest BCUT2D eigenvalue weighted by molar-refractivity contribution is -0.103. The highest BCUT2D eigenvalue weighted by molar-refractivity contribution is 5.94. The summed E-state index contributed by atoms with van der Waals surface area (Å²) in [6.45, 7) is 2.79. The van der Waals surface area contributed by atoms with Gasteiger partial charge in [0.05, 0.1) is 6.61 Å². The molecule has 2 saturated carbocycles. The molecule has 0 spiro atoms. The lowest BCUT2D eigenvalue weighted by atomic mass is 9.43. The summed E-state index contributed by atoms with van der Waals surface area (Å²) < 4.78 is 0. The van der Waals surface area contributed by atoms with Crippen molar-refractivity contribution in [3.63, 3.8) is 0 Å². The van der Waals surface area contributed by atoms with Gasteiger partial charge in [0.15, 0.2) is 0 Å². The summed E-state index contributed by atoms with van der Waals surface area (Å²) in [7, 11) is 0. The summed E-state index contributed by atoms with van der Waals surface area (Å²) in [5, 5.41) is 20.3. The van der Waals surface area contributed by atoms with Crippen molar-refractivity contribution in [1.82, 2.24) is 9.80 Å². The van der Waals surface area contributed by atoms with Gasteiger partial charge in [-0.05, 0) is 91.3 Å². The summed E-state index contributed by atoms with van der Waals surface area (Å²) in [6, 6.07) is 16.5. The van der Waals surface area contributed by atoms with Crippen LogP contribution in [0.3, 0.4) is 0 Å². The van der Waals surface area contributed by atoms with Crippen molar-refractivity contribution in [1.29, 1.82) is 0 Å². The van der Waals surface area contributed by atoms with Crippen LogP contribution in [0.15, 0.2) is 48.5 Å². The van der Waals surface area contributed by atoms with Crippen LogP contribution in [-0.2, 0) is 11.8 Å². The molecular weight excluding hydrogens is 412 g/mol. The van der Waals surface area contributed by atoms with Gasteiger partial charge in [-0.25, -0.2) is 0 Å². The van der Waals surface area contributed by atoms with Gasteiger partial charge >= 0.3 is 0 Å². The van der Waals surface area contributed by atoms with Gasteiger partial charge in [0.1, 0.15) is 5.75 Å². The molecule has 5 aliphatic rings. The number of carbonyl (C=O) groups excluding carboxylic acids is 1. The van der Waals surface area contributed by atoms with Crippen LogP contribution in [0.4, 0.5) is 0 Å². The number of likely N-dealkylation sites (tertiary alicyclic amines) is 2. The number of amides is 1. The Bertz CT molecular complexity index is 1120. The number of aliphatic hydroxyl groups is 1. The van der Waals surface area contributed by atoms with E-state index in [1.54, 1.807) is 0 Å². The smallest absolute Gasteiger partial charge is 0.254 e. The van der Waals surface area contributed by atoms with Gasteiger partial charge in [-0.1, -0.05) is 24.3 Å². The fraction of sp³-hybridized carbons (Fsp3) is 0.536. The van der Waals surface area contributed by atoms with Gasteiger partial charge in [0.2, 0.25) is 0 Å². The number of hydrogen-bond acceptors (Lipinski definition) is 4. The maximum Gasteiger partial charge on any atom is 0.254 e. The maximum absolute atomic E-state index is 13.6. The van der Waals surface area contributed by atoms with E-state index in [0.717, 1.165) is 57.3 Å². The van der Waals surface area contributed by atoms with Crippen LogP contribution in [-0.4, -0.2) is 64.2 Å². The van der Waals surface area contributed by atoms with Gasteiger partial charge in [-0.2, -0.15) is 0 Å². The maximum atomic E-state index is 13.6. The molecule has 2 N–H and O–H groups in total. The number of benzene rings is 2. The van der Waals surface area contributed by atoms with Crippen LogP contribution >= 0.6 is 0 Å². The highest BCUT2D eigenvalue weighted by Crippen LogP contribution is 2.75. The van der Waals surface area contributed by atoms with Crippen molar-refractivity contribution in [3.05, 3.63) is 65.2 Å². The van der Waals surface area contributed by atoms with E-state index < -0.39 is 0 Å². The van der Waals surface area contributed by atoms with E-state index in [1.165, 1.54) is 11.1 Å². The zero-order valence-corrected chi connectivity index (χ0v) is 19.0. The molecule has 2 heterocycles. The number of carbonyl (C=O) groups is 1. The minimum atomic E-state index is 0.0231. The molecule has 2 aromatic carbocycles. The van der Waals surface area contributed by atoms with Crippen molar-refractivity contribution < 1.29 is 15.0 Å². The van der Waals surface area contributed by atoms with Gasteiger partial charge in [0, 0.05) is 36.2 Å². The number of phenolic OH excluding ortho intramolecular Hbond substituents is 1. The summed E-state index contributed by atoms with van der Waals surface area (Å²) in [5.41, 5.74) is 3.74. The van der Waals surface area contributed by atoms with E-state index in [0.29, 0.717) is 23.6 Å². The predicted octanol–water partition coefficient (Wildman–Crippen LogP) is 3.19. The summed E-state index contributed by atoms with van der Waals surface area (Å²) in [6.07, 6.45) is 5.43. The number of fused-ring (bicyclic) bond motifs is 1. The first-order chi connectivity index (χ1) is 16.1. The molecule has 6 atom stereocenters. The molecular formula is C28H32N2O3. The van der Waals surface area contributed by atoms with Crippen molar-refractivity contribution in [2.45, 2.75) is 49.6 Å². The normalized spacial score (nSPS) is 38.2. The van der Waals surface area contributed by atoms with Gasteiger partial charge in [-0.15, -0.1) is 0 Å². The third-order valence-electron chi connectivity index (χ3n) is 10.3. The number of piperidine rings is 1. The average molecular weight is 445 g/mol. The second kappa shape index (κ2) is 6.83. The number of aliphatic hydroxyl groups excluding tert-OH is 1. The Hall–Kier alpha value is -2.37. The molecule has 5 unspecified atom stereocenters. The Morgan fingerprint density at radius 1 is 1.12 bits per heavy atom. The van der Waals surface area contributed by atoms with Gasteiger partial charge < -0.3 is 15.1 Å². The van der Waals surface area contributed by atoms with Crippen LogP contribution in [0.25, 0.3) is 0 Å². The average Bonchev–Trinajstić information content (AvgIpc) is 3.28. The molecule has 2 aromatic rings. The summed E-state index contributed by atoms with van der Waals surface area (Å²) in [5.74, 6) is 1.51. The Kier molecular flexibility index (Phi) is 4.15. The van der Waals surface area contributed by atoms with E-state index in [2.05, 4.69) is 21.9 Å². The first-order valence-corrected chi connectivity index (χ1v) is 12.6. The Morgan fingerprint density at radius 3 is 2.79 bits per heavy atom. The molecule has 2 saturated heterocycles. The molecule has 7 rings (SSSR count). The number of hydrogen-bond donors (Lipinski definition) is 2. The number of nitrogens with zero attached hydrogens (tertiary/aromatic N) is 2. The third-order valence-corrected chi connectivity index (χ3v) is 10.3. The molecule has 0 aromatic heterocycles. The topological polar surface area (TPSA) is 64.0 Å². The summed E-state index contributed by atoms with van der Waals surface area (Å²) in [4.78, 5) is 18.3. The fourth-order valence-electron chi connectivity index (χ4n) is 9.47. The SMILES string of the molecule is O=C(c1ccccc1)N1C[C@H]2CC34CCC1C2C31CCN(CCO)C4Cc2ccc(O)cc21. The highest BCUT2D eigenvalue weighted by atomic mass is 16.3. The molecule has 4 bridgehead atoms. The van der Waals surface area contributed by atoms with E-state index in [9.17, 15) is 15.0 Å². The van der Waals surface area contributed by atoms with Crippen LogP contribution in [0, 0.1) is 17.3 Å². The second-order valence-electron chi connectivity index (χ2n) is 11.1. The van der Waals surface area contributed by atoms with Gasteiger partial charge in [0.25, 0.3) is 5.91 Å². The molecule has 5 heteroatoms. The number of aromatic hydroxyl groups is 1. The second-order valence-corrected chi connectivity index (χ2v) is 11.1. The predicted molar refractivity (Wildman–Crippen MR) is 125 cm³/mol. The summed E-state index contributed by atoms with van der Waals surface area (Å²) >= 11 is 0. The number of β-amino-alcohol motifs (C(OH)–C–C–N with tert-alkyl or cyclic N) is 1. The van der Waals surface area contributed by atoms with Crippen LogP contribution in [0.5, 0.6) is 5.75 Å². The van der Waals surface area contributed by atoms with Crippen molar-refractivity contribution in [2.24, 2.45) is 17.3 Å². The third kappa shape index (κ3) is 2.37. The quantitative estimate of drug-likeness (QED) is 0.763. The van der Waals surface area contributed by atoms with Crippen LogP contribution in [0.2, 0.25) is 0 Å². The van der Waals surface area contributed by atoms with E-state index >= 15 is 0 Å². The minimum absolute atomic E-state index is 0.0231. The van der Waals surface area contributed by atoms with Crippen molar-refractivity contribution >= 4 is 5.91 Å². The zero-order chi connectivity index (χ0) is 22.4. The van der Waals surface area contributed by atoms with E-state index in [-0.39, 0.29) is 29.4 Å². The van der Waals surface area contributed by atoms with E-state index in [1.807, 2.05) is 36.4 Å². The molecule has 2 aliphatic heterocycles.